The molecule has 0 spiro atoms. The molecule has 0 atom stereocenters. The van der Waals surface area contributed by atoms with Gasteiger partial charge in [-0.2, -0.15) is 0 Å². The number of hydrogen-bond donors (Lipinski definition) is 3. The Labute approximate surface area is 95.9 Å². The lowest BCUT2D eigenvalue weighted by molar-refractivity contribution is 0.688. The summed E-state index contributed by atoms with van der Waals surface area (Å²) in [6.45, 7) is 0.928. The Kier molecular flexibility index (Phi) is 3.37. The lowest BCUT2D eigenvalue weighted by Gasteiger charge is -2.05. The largest absolute Gasteiger partial charge is 0.404 e. The van der Waals surface area contributed by atoms with E-state index < -0.39 is 0 Å². The zero-order valence-electron chi connectivity index (χ0n) is 9.24. The second kappa shape index (κ2) is 4.94. The van der Waals surface area contributed by atoms with Crippen LogP contribution in [0.4, 0.5) is 0 Å². The predicted octanol–water partition coefficient (Wildman–Crippen LogP) is 1.89. The average molecular weight is 215 g/mol. The van der Waals surface area contributed by atoms with Crippen LogP contribution in [0.1, 0.15) is 24.0 Å². The van der Waals surface area contributed by atoms with Crippen molar-refractivity contribution in [1.29, 1.82) is 5.41 Å². The number of allylic oxidation sites excluding steroid dienone is 1. The highest BCUT2D eigenvalue weighted by Gasteiger charge is 2.19. The molecule has 0 bridgehead atoms. The number of benzene rings is 1. The second-order valence-electron chi connectivity index (χ2n) is 4.12. The van der Waals surface area contributed by atoms with Crippen molar-refractivity contribution in [3.63, 3.8) is 0 Å². The molecule has 0 aromatic heterocycles. The van der Waals surface area contributed by atoms with Gasteiger partial charge in [0.15, 0.2) is 0 Å². The van der Waals surface area contributed by atoms with E-state index in [1.165, 1.54) is 30.8 Å². The highest BCUT2D eigenvalue weighted by molar-refractivity contribution is 6.08. The van der Waals surface area contributed by atoms with Gasteiger partial charge in [-0.05, 0) is 24.0 Å². The molecule has 1 fully saturated rings. The van der Waals surface area contributed by atoms with Gasteiger partial charge in [0.25, 0.3) is 0 Å². The van der Waals surface area contributed by atoms with E-state index in [9.17, 15) is 0 Å². The van der Waals surface area contributed by atoms with Gasteiger partial charge in [-0.3, -0.25) is 0 Å². The van der Waals surface area contributed by atoms with Crippen molar-refractivity contribution in [3.05, 3.63) is 41.6 Å². The minimum Gasteiger partial charge on any atom is -0.404 e. The van der Waals surface area contributed by atoms with E-state index in [2.05, 4.69) is 17.4 Å². The monoisotopic (exact) mass is 215 g/mol. The molecule has 4 N–H and O–H groups in total. The fraction of sp³-hybridized carbons (Fsp3) is 0.308. The van der Waals surface area contributed by atoms with Gasteiger partial charge in [-0.25, -0.2) is 0 Å². The van der Waals surface area contributed by atoms with Crippen LogP contribution in [0.5, 0.6) is 0 Å². The van der Waals surface area contributed by atoms with Crippen LogP contribution < -0.4 is 11.1 Å². The molecule has 1 aromatic rings. The molecule has 0 radical (unpaired) electrons. The first-order valence-corrected chi connectivity index (χ1v) is 5.58. The van der Waals surface area contributed by atoms with Gasteiger partial charge in [0, 0.05) is 30.6 Å². The van der Waals surface area contributed by atoms with Crippen molar-refractivity contribution >= 4 is 11.8 Å². The molecule has 3 nitrogen and oxygen atoms in total. The lowest BCUT2D eigenvalue weighted by Crippen LogP contribution is -2.15. The first-order valence-electron chi connectivity index (χ1n) is 5.58. The standard InChI is InChI=1S/C13H17N3/c14-7-12(8-15)11-3-1-10(2-4-11)9-16-13-5-6-13/h1-4,7-8,13-14,16H,5-6,9,15H2/b12-8+,14-7?. The summed E-state index contributed by atoms with van der Waals surface area (Å²) in [6, 6.07) is 8.91. The van der Waals surface area contributed by atoms with Crippen molar-refractivity contribution in [2.45, 2.75) is 25.4 Å². The smallest absolute Gasteiger partial charge is 0.0270 e. The van der Waals surface area contributed by atoms with Gasteiger partial charge in [-0.1, -0.05) is 24.3 Å². The van der Waals surface area contributed by atoms with E-state index >= 15 is 0 Å². The molecule has 16 heavy (non-hydrogen) atoms. The van der Waals surface area contributed by atoms with Gasteiger partial charge in [0.2, 0.25) is 0 Å². The fourth-order valence-corrected chi connectivity index (χ4v) is 1.59. The number of nitrogens with one attached hydrogen (secondary N) is 2. The lowest BCUT2D eigenvalue weighted by atomic mass is 10.1. The molecule has 3 heteroatoms. The molecule has 1 aliphatic carbocycles. The zero-order chi connectivity index (χ0) is 11.4. The first kappa shape index (κ1) is 10.9. The van der Waals surface area contributed by atoms with Gasteiger partial charge in [0.05, 0.1) is 0 Å². The quantitative estimate of drug-likeness (QED) is 0.657. The molecule has 0 aliphatic heterocycles. The van der Waals surface area contributed by atoms with E-state index in [0.29, 0.717) is 0 Å². The van der Waals surface area contributed by atoms with E-state index in [0.717, 1.165) is 23.7 Å². The van der Waals surface area contributed by atoms with Crippen molar-refractivity contribution in [3.8, 4) is 0 Å². The average Bonchev–Trinajstić information content (AvgIpc) is 3.13. The number of nitrogens with two attached hydrogens (primary N) is 1. The van der Waals surface area contributed by atoms with Crippen LogP contribution in [0.25, 0.3) is 5.57 Å². The van der Waals surface area contributed by atoms with E-state index in [-0.39, 0.29) is 0 Å². The molecule has 0 saturated heterocycles. The van der Waals surface area contributed by atoms with Crippen LogP contribution in [-0.4, -0.2) is 12.3 Å². The highest BCUT2D eigenvalue weighted by atomic mass is 14.9. The third-order valence-electron chi connectivity index (χ3n) is 2.79. The molecule has 2 rings (SSSR count). The predicted molar refractivity (Wildman–Crippen MR) is 67.3 cm³/mol. The minimum atomic E-state index is 0.737. The molecule has 1 aliphatic rings. The maximum Gasteiger partial charge on any atom is 0.0270 e. The molecular formula is C13H17N3. The maximum absolute atomic E-state index is 7.21. The van der Waals surface area contributed by atoms with Crippen LogP contribution in [0, 0.1) is 5.41 Å². The summed E-state index contributed by atoms with van der Waals surface area (Å²) in [4.78, 5) is 0. The Morgan fingerprint density at radius 2 is 2.06 bits per heavy atom. The van der Waals surface area contributed by atoms with E-state index in [4.69, 9.17) is 11.1 Å². The van der Waals surface area contributed by atoms with Crippen molar-refractivity contribution in [2.24, 2.45) is 5.73 Å². The zero-order valence-corrected chi connectivity index (χ0v) is 9.24. The molecule has 0 unspecified atom stereocenters. The topological polar surface area (TPSA) is 61.9 Å². The van der Waals surface area contributed by atoms with Crippen molar-refractivity contribution < 1.29 is 0 Å². The van der Waals surface area contributed by atoms with Gasteiger partial charge in [-0.15, -0.1) is 0 Å². The number of hydrogen-bond acceptors (Lipinski definition) is 3. The van der Waals surface area contributed by atoms with Crippen LogP contribution >= 0.6 is 0 Å². The summed E-state index contributed by atoms with van der Waals surface area (Å²) >= 11 is 0. The Balaban J connectivity index is 2.00. The van der Waals surface area contributed by atoms with Crippen LogP contribution in [0.15, 0.2) is 30.5 Å². The third kappa shape index (κ3) is 2.70. The molecule has 0 heterocycles. The van der Waals surface area contributed by atoms with Crippen LogP contribution in [-0.2, 0) is 6.54 Å². The van der Waals surface area contributed by atoms with Crippen LogP contribution in [0.2, 0.25) is 0 Å². The molecule has 1 aromatic carbocycles. The molecule has 0 amide bonds. The minimum absolute atomic E-state index is 0.737. The number of rotatable bonds is 5. The third-order valence-corrected chi connectivity index (χ3v) is 2.79. The fourth-order valence-electron chi connectivity index (χ4n) is 1.59. The summed E-state index contributed by atoms with van der Waals surface area (Å²) in [5.41, 5.74) is 8.45. The Hall–Kier alpha value is -1.61. The summed E-state index contributed by atoms with van der Waals surface area (Å²) in [6.07, 6.45) is 5.36. The molecule has 84 valence electrons. The summed E-state index contributed by atoms with van der Waals surface area (Å²) in [7, 11) is 0. The molecule has 1 saturated carbocycles. The first-order chi connectivity index (χ1) is 7.83. The van der Waals surface area contributed by atoms with Gasteiger partial charge < -0.3 is 16.5 Å². The van der Waals surface area contributed by atoms with E-state index in [1.54, 1.807) is 0 Å². The molecular weight excluding hydrogens is 198 g/mol. The van der Waals surface area contributed by atoms with Crippen LogP contribution in [0.3, 0.4) is 0 Å². The SMILES string of the molecule is N=C/C(=C\N)c1ccc(CNC2CC2)cc1. The summed E-state index contributed by atoms with van der Waals surface area (Å²) in [5, 5.41) is 10.7. The maximum atomic E-state index is 7.21. The van der Waals surface area contributed by atoms with Gasteiger partial charge in [0.1, 0.15) is 0 Å². The van der Waals surface area contributed by atoms with Crippen molar-refractivity contribution in [2.75, 3.05) is 0 Å². The summed E-state index contributed by atoms with van der Waals surface area (Å²) in [5.74, 6) is 0. The van der Waals surface area contributed by atoms with E-state index in [1.807, 2.05) is 12.1 Å². The second-order valence-corrected chi connectivity index (χ2v) is 4.12. The normalized spacial score (nSPS) is 16.1. The Morgan fingerprint density at radius 1 is 1.38 bits per heavy atom. The highest BCUT2D eigenvalue weighted by Crippen LogP contribution is 2.19. The summed E-state index contributed by atoms with van der Waals surface area (Å²) < 4.78 is 0. The Bertz CT molecular complexity index is 388. The van der Waals surface area contributed by atoms with Gasteiger partial charge >= 0.3 is 0 Å². The Morgan fingerprint density at radius 3 is 2.56 bits per heavy atom. The van der Waals surface area contributed by atoms with Crippen molar-refractivity contribution in [1.82, 2.24) is 5.32 Å².